The molecule has 3 N–H and O–H groups in total. The Hall–Kier alpha value is -1.60. The van der Waals surface area contributed by atoms with Gasteiger partial charge in [-0.3, -0.25) is 10.1 Å². The fourth-order valence-corrected chi connectivity index (χ4v) is 1.07. The first-order valence-electron chi connectivity index (χ1n) is 3.88. The van der Waals surface area contributed by atoms with Crippen LogP contribution in [-0.4, -0.2) is 29.1 Å². The predicted octanol–water partition coefficient (Wildman–Crippen LogP) is -0.684. The van der Waals surface area contributed by atoms with E-state index >= 15 is 0 Å². The Morgan fingerprint density at radius 2 is 2.14 bits per heavy atom. The summed E-state index contributed by atoms with van der Waals surface area (Å²) in [6.45, 7) is 0. The van der Waals surface area contributed by atoms with Crippen molar-refractivity contribution in [3.8, 4) is 0 Å². The number of nitrogens with one attached hydrogen (secondary N) is 1. The van der Waals surface area contributed by atoms with Crippen LogP contribution in [0.5, 0.6) is 0 Å². The Balaban J connectivity index is 3.21. The summed E-state index contributed by atoms with van der Waals surface area (Å²) in [7, 11) is -0.142. The molecule has 0 aliphatic rings. The van der Waals surface area contributed by atoms with Gasteiger partial charge in [0, 0.05) is 13.1 Å². The van der Waals surface area contributed by atoms with E-state index in [1.807, 2.05) is 0 Å². The zero-order valence-corrected chi connectivity index (χ0v) is 7.47. The summed E-state index contributed by atoms with van der Waals surface area (Å²) in [5.41, 5.74) is 0.244. The van der Waals surface area contributed by atoms with Crippen molar-refractivity contribution < 1.29 is 15.0 Å². The lowest BCUT2D eigenvalue weighted by atomic mass is 9.80. The zero-order valence-electron chi connectivity index (χ0n) is 7.47. The molecule has 0 amide bonds. The highest BCUT2D eigenvalue weighted by Gasteiger charge is 2.18. The van der Waals surface area contributed by atoms with Crippen LogP contribution in [0.2, 0.25) is 0 Å². The van der Waals surface area contributed by atoms with E-state index in [-0.39, 0.29) is 11.2 Å². The molecule has 6 nitrogen and oxygen atoms in total. The first-order valence-corrected chi connectivity index (χ1v) is 3.88. The maximum atomic E-state index is 10.6. The van der Waals surface area contributed by atoms with E-state index < -0.39 is 12.0 Å². The highest BCUT2D eigenvalue weighted by Crippen LogP contribution is 2.21. The molecule has 0 bridgehead atoms. The molecule has 0 radical (unpaired) electrons. The van der Waals surface area contributed by atoms with E-state index in [4.69, 9.17) is 10.0 Å². The molecule has 0 aliphatic heterocycles. The quantitative estimate of drug-likeness (QED) is 0.338. The predicted molar refractivity (Wildman–Crippen MR) is 52.5 cm³/mol. The summed E-state index contributed by atoms with van der Waals surface area (Å²) in [4.78, 5) is 9.97. The lowest BCUT2D eigenvalue weighted by Crippen LogP contribution is -2.29. The number of nitro benzene ring substituents is 1. The Morgan fingerprint density at radius 1 is 1.50 bits per heavy atom. The largest absolute Gasteiger partial charge is 0.488 e. The fourth-order valence-electron chi connectivity index (χ4n) is 1.07. The second-order valence-corrected chi connectivity index (χ2v) is 2.66. The van der Waals surface area contributed by atoms with Gasteiger partial charge in [0.05, 0.1) is 4.92 Å². The number of hydrogen-bond donors (Lipinski definition) is 3. The minimum atomic E-state index is -1.69. The van der Waals surface area contributed by atoms with Crippen molar-refractivity contribution in [2.75, 3.05) is 12.4 Å². The van der Waals surface area contributed by atoms with E-state index in [9.17, 15) is 10.1 Å². The number of nitrogens with zero attached hydrogens (tertiary/aromatic N) is 1. The van der Waals surface area contributed by atoms with Gasteiger partial charge >= 0.3 is 7.12 Å². The van der Waals surface area contributed by atoms with Crippen LogP contribution in [0.3, 0.4) is 0 Å². The van der Waals surface area contributed by atoms with Crippen LogP contribution in [0.15, 0.2) is 18.2 Å². The topological polar surface area (TPSA) is 95.6 Å². The number of rotatable bonds is 3. The van der Waals surface area contributed by atoms with Crippen molar-refractivity contribution in [3.63, 3.8) is 0 Å². The third-order valence-corrected chi connectivity index (χ3v) is 1.79. The lowest BCUT2D eigenvalue weighted by molar-refractivity contribution is -0.383. The molecule has 7 heteroatoms. The number of hydrogen-bond acceptors (Lipinski definition) is 5. The molecule has 0 aliphatic carbocycles. The van der Waals surface area contributed by atoms with Gasteiger partial charge in [-0.15, -0.1) is 0 Å². The highest BCUT2D eigenvalue weighted by molar-refractivity contribution is 6.58. The molecule has 0 saturated carbocycles. The minimum absolute atomic E-state index is 0.0932. The molecule has 1 aromatic rings. The van der Waals surface area contributed by atoms with Crippen molar-refractivity contribution in [3.05, 3.63) is 28.3 Å². The number of anilines is 1. The Bertz CT molecular complexity index is 356. The van der Waals surface area contributed by atoms with Crippen LogP contribution in [0.25, 0.3) is 0 Å². The molecule has 1 aromatic carbocycles. The van der Waals surface area contributed by atoms with Gasteiger partial charge in [0.15, 0.2) is 0 Å². The van der Waals surface area contributed by atoms with E-state index in [0.29, 0.717) is 5.69 Å². The molecule has 0 heterocycles. The fraction of sp³-hybridized carbons (Fsp3) is 0.143. The van der Waals surface area contributed by atoms with E-state index in [2.05, 4.69) is 5.32 Å². The maximum absolute atomic E-state index is 10.6. The van der Waals surface area contributed by atoms with Crippen LogP contribution in [0.1, 0.15) is 0 Å². The van der Waals surface area contributed by atoms with Crippen LogP contribution in [-0.2, 0) is 0 Å². The van der Waals surface area contributed by atoms with Crippen LogP contribution in [0, 0.1) is 10.1 Å². The van der Waals surface area contributed by atoms with Crippen molar-refractivity contribution in [1.82, 2.24) is 0 Å². The van der Waals surface area contributed by atoms with Gasteiger partial charge in [-0.2, -0.15) is 0 Å². The number of benzene rings is 1. The number of nitro groups is 1. The summed E-state index contributed by atoms with van der Waals surface area (Å²) < 4.78 is 0. The van der Waals surface area contributed by atoms with Gasteiger partial charge in [-0.1, -0.05) is 6.07 Å². The molecule has 0 aromatic heterocycles. The molecule has 0 unspecified atom stereocenters. The second kappa shape index (κ2) is 4.08. The van der Waals surface area contributed by atoms with Crippen molar-refractivity contribution >= 4 is 24.0 Å². The van der Waals surface area contributed by atoms with Gasteiger partial charge in [0.25, 0.3) is 5.69 Å². The summed E-state index contributed by atoms with van der Waals surface area (Å²) in [5, 5.41) is 30.8. The smallest absolute Gasteiger partial charge is 0.423 e. The van der Waals surface area contributed by atoms with E-state index in [1.54, 1.807) is 7.05 Å². The molecule has 0 fully saturated rings. The molecule has 74 valence electrons. The Labute approximate surface area is 80.5 Å². The Kier molecular flexibility index (Phi) is 3.05. The normalized spacial score (nSPS) is 9.64. The SMILES string of the molecule is CNc1ccc(B(O)O)cc1[N+](=O)[O-]. The van der Waals surface area contributed by atoms with Crippen molar-refractivity contribution in [2.45, 2.75) is 0 Å². The summed E-state index contributed by atoms with van der Waals surface area (Å²) >= 11 is 0. The third kappa shape index (κ3) is 2.01. The first-order chi connectivity index (χ1) is 6.56. The van der Waals surface area contributed by atoms with E-state index in [1.165, 1.54) is 12.1 Å². The first kappa shape index (κ1) is 10.5. The molecule has 0 atom stereocenters. The Morgan fingerprint density at radius 3 is 2.57 bits per heavy atom. The minimum Gasteiger partial charge on any atom is -0.423 e. The van der Waals surface area contributed by atoms with Crippen LogP contribution >= 0.6 is 0 Å². The summed E-state index contributed by atoms with van der Waals surface area (Å²) in [6, 6.07) is 3.95. The van der Waals surface area contributed by atoms with Gasteiger partial charge < -0.3 is 15.4 Å². The third-order valence-electron chi connectivity index (χ3n) is 1.79. The van der Waals surface area contributed by atoms with Gasteiger partial charge in [0.1, 0.15) is 5.69 Å². The standard InChI is InChI=1S/C7H9BN2O4/c1-9-6-3-2-5(8(11)12)4-7(6)10(13)14/h2-4,9,11-12H,1H3. The van der Waals surface area contributed by atoms with Crippen LogP contribution < -0.4 is 10.8 Å². The average molecular weight is 196 g/mol. The zero-order chi connectivity index (χ0) is 10.7. The maximum Gasteiger partial charge on any atom is 0.488 e. The average Bonchev–Trinajstić information content (AvgIpc) is 2.16. The van der Waals surface area contributed by atoms with E-state index in [0.717, 1.165) is 6.07 Å². The molecule has 1 rings (SSSR count). The van der Waals surface area contributed by atoms with Gasteiger partial charge in [0.2, 0.25) is 0 Å². The van der Waals surface area contributed by atoms with Crippen molar-refractivity contribution in [1.29, 1.82) is 0 Å². The molecule has 0 spiro atoms. The van der Waals surface area contributed by atoms with Gasteiger partial charge in [-0.05, 0) is 11.5 Å². The van der Waals surface area contributed by atoms with Crippen LogP contribution in [0.4, 0.5) is 11.4 Å². The summed E-state index contributed by atoms with van der Waals surface area (Å²) in [6.07, 6.45) is 0. The molecular weight excluding hydrogens is 187 g/mol. The molecule has 0 saturated heterocycles. The van der Waals surface area contributed by atoms with Gasteiger partial charge in [-0.25, -0.2) is 0 Å². The van der Waals surface area contributed by atoms with Crippen molar-refractivity contribution in [2.24, 2.45) is 0 Å². The molecular formula is C7H9BN2O4. The highest BCUT2D eigenvalue weighted by atomic mass is 16.6. The summed E-state index contributed by atoms with van der Waals surface area (Å²) in [5.74, 6) is 0. The molecule has 14 heavy (non-hydrogen) atoms. The second-order valence-electron chi connectivity index (χ2n) is 2.66. The monoisotopic (exact) mass is 196 g/mol. The lowest BCUT2D eigenvalue weighted by Gasteiger charge is -2.04.